The molecular weight excluding hydrogens is 242 g/mol. The van der Waals surface area contributed by atoms with E-state index in [2.05, 4.69) is 55.5 Å². The van der Waals surface area contributed by atoms with Crippen molar-refractivity contribution in [2.24, 2.45) is 5.73 Å². The van der Waals surface area contributed by atoms with Gasteiger partial charge in [-0.2, -0.15) is 0 Å². The van der Waals surface area contributed by atoms with Crippen LogP contribution in [0.15, 0.2) is 48.5 Å². The van der Waals surface area contributed by atoms with Gasteiger partial charge in [-0.15, -0.1) is 0 Å². The maximum atomic E-state index is 5.58. The van der Waals surface area contributed by atoms with E-state index in [4.69, 9.17) is 5.73 Å². The van der Waals surface area contributed by atoms with E-state index >= 15 is 0 Å². The van der Waals surface area contributed by atoms with Gasteiger partial charge in [-0.1, -0.05) is 61.9 Å². The summed E-state index contributed by atoms with van der Waals surface area (Å²) in [5.41, 5.74) is 11.0. The minimum atomic E-state index is 0.760. The molecule has 0 spiro atoms. The Labute approximate surface area is 122 Å². The number of unbranched alkanes of at least 4 members (excludes halogenated alkanes) is 1. The Kier molecular flexibility index (Phi) is 5.82. The predicted molar refractivity (Wildman–Crippen MR) is 87.9 cm³/mol. The zero-order valence-electron chi connectivity index (χ0n) is 12.4. The van der Waals surface area contributed by atoms with Gasteiger partial charge >= 0.3 is 0 Å². The Morgan fingerprint density at radius 3 is 2.25 bits per heavy atom. The Bertz CT molecular complexity index is 514. The second-order valence-electron chi connectivity index (χ2n) is 5.39. The number of rotatable bonds is 7. The summed E-state index contributed by atoms with van der Waals surface area (Å²) in [4.78, 5) is 0. The van der Waals surface area contributed by atoms with Gasteiger partial charge in [0.05, 0.1) is 0 Å². The van der Waals surface area contributed by atoms with E-state index in [9.17, 15) is 0 Å². The first-order chi connectivity index (χ1) is 9.83. The zero-order valence-corrected chi connectivity index (χ0v) is 12.4. The third kappa shape index (κ3) is 4.21. The molecule has 0 atom stereocenters. The average Bonchev–Trinajstić information content (AvgIpc) is 2.52. The molecule has 0 heterocycles. The molecule has 0 saturated carbocycles. The Morgan fingerprint density at radius 2 is 1.55 bits per heavy atom. The van der Waals surface area contributed by atoms with Crippen LogP contribution in [-0.2, 0) is 12.8 Å². The van der Waals surface area contributed by atoms with E-state index < -0.39 is 0 Å². The average molecular weight is 267 g/mol. The van der Waals surface area contributed by atoms with Crippen molar-refractivity contribution >= 4 is 0 Å². The van der Waals surface area contributed by atoms with Crippen LogP contribution in [0.4, 0.5) is 0 Å². The minimum Gasteiger partial charge on any atom is -0.330 e. The standard InChI is InChI=1S/C19H25N/c1-2-3-6-16-10-12-18(13-11-16)19-9-4-7-17(15-19)8-5-14-20/h4,7,9-13,15H,2-3,5-6,8,14,20H2,1H3. The fraction of sp³-hybridized carbons (Fsp3) is 0.368. The number of benzene rings is 2. The summed E-state index contributed by atoms with van der Waals surface area (Å²) in [6.07, 6.45) is 5.84. The molecule has 0 fully saturated rings. The van der Waals surface area contributed by atoms with Gasteiger partial charge in [-0.25, -0.2) is 0 Å². The van der Waals surface area contributed by atoms with E-state index in [0.717, 1.165) is 19.4 Å². The van der Waals surface area contributed by atoms with Gasteiger partial charge in [0.2, 0.25) is 0 Å². The highest BCUT2D eigenvalue weighted by molar-refractivity contribution is 5.64. The third-order valence-electron chi connectivity index (χ3n) is 3.70. The zero-order chi connectivity index (χ0) is 14.2. The van der Waals surface area contributed by atoms with Crippen LogP contribution in [0.3, 0.4) is 0 Å². The molecular formula is C19H25N. The lowest BCUT2D eigenvalue weighted by Crippen LogP contribution is -2.00. The normalized spacial score (nSPS) is 10.7. The smallest absolute Gasteiger partial charge is 0.00741 e. The first-order valence-corrected chi connectivity index (χ1v) is 7.72. The minimum absolute atomic E-state index is 0.760. The number of nitrogens with two attached hydrogens (primary N) is 1. The van der Waals surface area contributed by atoms with Crippen molar-refractivity contribution in [3.05, 3.63) is 59.7 Å². The highest BCUT2D eigenvalue weighted by Crippen LogP contribution is 2.22. The van der Waals surface area contributed by atoms with Gasteiger partial charge in [0.1, 0.15) is 0 Å². The van der Waals surface area contributed by atoms with Crippen molar-refractivity contribution in [1.29, 1.82) is 0 Å². The van der Waals surface area contributed by atoms with Crippen LogP contribution in [0.5, 0.6) is 0 Å². The van der Waals surface area contributed by atoms with Gasteiger partial charge in [-0.05, 0) is 54.5 Å². The highest BCUT2D eigenvalue weighted by Gasteiger charge is 2.00. The van der Waals surface area contributed by atoms with Gasteiger partial charge in [0.15, 0.2) is 0 Å². The largest absolute Gasteiger partial charge is 0.330 e. The maximum Gasteiger partial charge on any atom is -0.00741 e. The maximum absolute atomic E-state index is 5.58. The lowest BCUT2D eigenvalue weighted by atomic mass is 9.99. The van der Waals surface area contributed by atoms with Crippen molar-refractivity contribution in [2.75, 3.05) is 6.54 Å². The van der Waals surface area contributed by atoms with E-state index in [1.54, 1.807) is 0 Å². The molecule has 0 aromatic heterocycles. The van der Waals surface area contributed by atoms with E-state index in [1.807, 2.05) is 0 Å². The number of aryl methyl sites for hydroxylation is 2. The third-order valence-corrected chi connectivity index (χ3v) is 3.70. The van der Waals surface area contributed by atoms with Crippen molar-refractivity contribution in [2.45, 2.75) is 39.0 Å². The fourth-order valence-electron chi connectivity index (χ4n) is 2.46. The summed E-state index contributed by atoms with van der Waals surface area (Å²) in [7, 11) is 0. The lowest BCUT2D eigenvalue weighted by Gasteiger charge is -2.07. The van der Waals surface area contributed by atoms with Crippen molar-refractivity contribution in [1.82, 2.24) is 0 Å². The molecule has 0 radical (unpaired) electrons. The van der Waals surface area contributed by atoms with Gasteiger partial charge in [-0.3, -0.25) is 0 Å². The highest BCUT2D eigenvalue weighted by atomic mass is 14.5. The van der Waals surface area contributed by atoms with Crippen LogP contribution in [0, 0.1) is 0 Å². The molecule has 0 unspecified atom stereocenters. The molecule has 0 saturated heterocycles. The second kappa shape index (κ2) is 7.86. The molecule has 20 heavy (non-hydrogen) atoms. The van der Waals surface area contributed by atoms with Crippen molar-refractivity contribution in [3.8, 4) is 11.1 Å². The molecule has 2 aromatic carbocycles. The number of hydrogen-bond donors (Lipinski definition) is 1. The molecule has 2 rings (SSSR count). The van der Waals surface area contributed by atoms with E-state index in [-0.39, 0.29) is 0 Å². The summed E-state index contributed by atoms with van der Waals surface area (Å²) in [6.45, 7) is 3.00. The van der Waals surface area contributed by atoms with Gasteiger partial charge in [0, 0.05) is 0 Å². The Hall–Kier alpha value is -1.60. The molecule has 0 bridgehead atoms. The first-order valence-electron chi connectivity index (χ1n) is 7.72. The van der Waals surface area contributed by atoms with Crippen LogP contribution in [-0.4, -0.2) is 6.54 Å². The molecule has 0 aliphatic heterocycles. The van der Waals surface area contributed by atoms with Crippen LogP contribution in [0.25, 0.3) is 11.1 Å². The van der Waals surface area contributed by atoms with Crippen molar-refractivity contribution < 1.29 is 0 Å². The molecule has 2 N–H and O–H groups in total. The predicted octanol–water partition coefficient (Wildman–Crippen LogP) is 4.59. The van der Waals surface area contributed by atoms with Gasteiger partial charge in [0.25, 0.3) is 0 Å². The van der Waals surface area contributed by atoms with Crippen molar-refractivity contribution in [3.63, 3.8) is 0 Å². The van der Waals surface area contributed by atoms with Crippen LogP contribution in [0.2, 0.25) is 0 Å². The van der Waals surface area contributed by atoms with E-state index in [0.29, 0.717) is 0 Å². The summed E-state index contributed by atoms with van der Waals surface area (Å²) in [5.74, 6) is 0. The summed E-state index contributed by atoms with van der Waals surface area (Å²) < 4.78 is 0. The summed E-state index contributed by atoms with van der Waals surface area (Å²) in [5, 5.41) is 0. The topological polar surface area (TPSA) is 26.0 Å². The Morgan fingerprint density at radius 1 is 0.800 bits per heavy atom. The quantitative estimate of drug-likeness (QED) is 0.780. The monoisotopic (exact) mass is 267 g/mol. The number of hydrogen-bond acceptors (Lipinski definition) is 1. The van der Waals surface area contributed by atoms with Crippen LogP contribution < -0.4 is 5.73 Å². The van der Waals surface area contributed by atoms with Crippen LogP contribution >= 0.6 is 0 Å². The summed E-state index contributed by atoms with van der Waals surface area (Å²) >= 11 is 0. The fourth-order valence-corrected chi connectivity index (χ4v) is 2.46. The van der Waals surface area contributed by atoms with E-state index in [1.165, 1.54) is 41.5 Å². The summed E-state index contributed by atoms with van der Waals surface area (Å²) in [6, 6.07) is 17.8. The van der Waals surface area contributed by atoms with Crippen LogP contribution in [0.1, 0.15) is 37.3 Å². The molecule has 0 aliphatic rings. The molecule has 106 valence electrons. The molecule has 1 heteroatoms. The molecule has 2 aromatic rings. The second-order valence-corrected chi connectivity index (χ2v) is 5.39. The van der Waals surface area contributed by atoms with Gasteiger partial charge < -0.3 is 5.73 Å². The first kappa shape index (κ1) is 14.8. The molecule has 0 aliphatic carbocycles. The Balaban J connectivity index is 2.10. The SMILES string of the molecule is CCCCc1ccc(-c2cccc(CCCN)c2)cc1. The lowest BCUT2D eigenvalue weighted by molar-refractivity contribution is 0.795. The molecule has 1 nitrogen and oxygen atoms in total. The molecule has 0 amide bonds.